The van der Waals surface area contributed by atoms with Gasteiger partial charge in [0.15, 0.2) is 0 Å². The minimum absolute atomic E-state index is 0.0573. The van der Waals surface area contributed by atoms with Gasteiger partial charge in [-0.15, -0.1) is 0 Å². The van der Waals surface area contributed by atoms with Crippen molar-refractivity contribution in [1.82, 2.24) is 9.29 Å². The number of hydrogen-bond acceptors (Lipinski definition) is 5. The molecular formula is C12H19N3O5S. The van der Waals surface area contributed by atoms with Gasteiger partial charge in [0, 0.05) is 26.5 Å². The number of hydrogen-bond donors (Lipinski definition) is 3. The molecule has 0 saturated carbocycles. The molecule has 118 valence electrons. The van der Waals surface area contributed by atoms with E-state index in [0.29, 0.717) is 26.1 Å². The highest BCUT2D eigenvalue weighted by molar-refractivity contribution is 7.89. The lowest BCUT2D eigenvalue weighted by atomic mass is 9.93. The number of ether oxygens (including phenoxy) is 1. The SMILES string of the molecule is Cn1cc(S(=O)(=O)NC2(CO)CCOCC2)cc1C(N)=O. The van der Waals surface area contributed by atoms with Gasteiger partial charge in [0.25, 0.3) is 5.91 Å². The smallest absolute Gasteiger partial charge is 0.265 e. The number of amides is 1. The highest BCUT2D eigenvalue weighted by Crippen LogP contribution is 2.24. The Morgan fingerprint density at radius 3 is 2.62 bits per heavy atom. The van der Waals surface area contributed by atoms with Gasteiger partial charge in [-0.25, -0.2) is 13.1 Å². The molecule has 2 rings (SSSR count). The van der Waals surface area contributed by atoms with Gasteiger partial charge in [0.1, 0.15) is 10.6 Å². The van der Waals surface area contributed by atoms with Gasteiger partial charge in [-0.3, -0.25) is 4.79 Å². The zero-order chi connectivity index (χ0) is 15.7. The van der Waals surface area contributed by atoms with Crippen molar-refractivity contribution in [2.75, 3.05) is 19.8 Å². The average molecular weight is 317 g/mol. The molecular weight excluding hydrogens is 298 g/mol. The summed E-state index contributed by atoms with van der Waals surface area (Å²) in [5, 5.41) is 9.54. The van der Waals surface area contributed by atoms with Gasteiger partial charge < -0.3 is 20.1 Å². The summed E-state index contributed by atoms with van der Waals surface area (Å²) in [6.45, 7) is 0.444. The molecule has 0 aliphatic carbocycles. The maximum atomic E-state index is 12.4. The standard InChI is InChI=1S/C12H19N3O5S/c1-15-7-9(6-10(15)11(13)17)21(18,19)14-12(8-16)2-4-20-5-3-12/h6-7,14,16H,2-5,8H2,1H3,(H2,13,17). The molecule has 21 heavy (non-hydrogen) atoms. The van der Waals surface area contributed by atoms with E-state index in [0.717, 1.165) is 0 Å². The second kappa shape index (κ2) is 5.76. The Labute approximate surface area is 122 Å². The lowest BCUT2D eigenvalue weighted by Crippen LogP contribution is -2.54. The Balaban J connectivity index is 2.29. The molecule has 1 amide bonds. The van der Waals surface area contributed by atoms with E-state index in [1.54, 1.807) is 0 Å². The van der Waals surface area contributed by atoms with Crippen LogP contribution in [0.15, 0.2) is 17.2 Å². The summed E-state index contributed by atoms with van der Waals surface area (Å²) >= 11 is 0. The van der Waals surface area contributed by atoms with Crippen LogP contribution in [0.3, 0.4) is 0 Å². The molecule has 0 unspecified atom stereocenters. The summed E-state index contributed by atoms with van der Waals surface area (Å²) in [7, 11) is -2.32. The number of aliphatic hydroxyl groups is 1. The van der Waals surface area contributed by atoms with Crippen LogP contribution in [-0.2, 0) is 21.8 Å². The highest BCUT2D eigenvalue weighted by atomic mass is 32.2. The third-order valence-corrected chi connectivity index (χ3v) is 5.19. The normalized spacial score (nSPS) is 18.6. The van der Waals surface area contributed by atoms with Crippen LogP contribution in [0, 0.1) is 0 Å². The summed E-state index contributed by atoms with van der Waals surface area (Å²) in [6.07, 6.45) is 2.09. The number of carbonyl (C=O) groups excluding carboxylic acids is 1. The van der Waals surface area contributed by atoms with Gasteiger partial charge in [0.05, 0.1) is 12.1 Å². The largest absolute Gasteiger partial charge is 0.394 e. The molecule has 1 saturated heterocycles. The second-order valence-electron chi connectivity index (χ2n) is 5.19. The van der Waals surface area contributed by atoms with Gasteiger partial charge in [-0.2, -0.15) is 0 Å². The molecule has 0 atom stereocenters. The topological polar surface area (TPSA) is 124 Å². The Hall–Kier alpha value is -1.42. The lowest BCUT2D eigenvalue weighted by molar-refractivity contribution is 0.0223. The molecule has 0 bridgehead atoms. The molecule has 1 aromatic rings. The Morgan fingerprint density at radius 1 is 1.52 bits per heavy atom. The molecule has 0 radical (unpaired) electrons. The molecule has 1 aromatic heterocycles. The average Bonchev–Trinajstić information content (AvgIpc) is 2.82. The number of carbonyl (C=O) groups is 1. The number of primary amides is 1. The Morgan fingerprint density at radius 2 is 2.14 bits per heavy atom. The van der Waals surface area contributed by atoms with Gasteiger partial charge >= 0.3 is 0 Å². The van der Waals surface area contributed by atoms with Crippen molar-refractivity contribution in [3.05, 3.63) is 18.0 Å². The summed E-state index contributed by atoms with van der Waals surface area (Å²) in [4.78, 5) is 11.1. The predicted molar refractivity (Wildman–Crippen MR) is 74.1 cm³/mol. The van der Waals surface area contributed by atoms with Gasteiger partial charge in [-0.1, -0.05) is 0 Å². The first kappa shape index (κ1) is 16.0. The van der Waals surface area contributed by atoms with Crippen molar-refractivity contribution in [2.24, 2.45) is 12.8 Å². The van der Waals surface area contributed by atoms with Crippen LogP contribution in [0.5, 0.6) is 0 Å². The summed E-state index contributed by atoms with van der Waals surface area (Å²) in [5.41, 5.74) is 4.34. The van der Waals surface area contributed by atoms with Crippen molar-refractivity contribution >= 4 is 15.9 Å². The minimum atomic E-state index is -3.86. The maximum absolute atomic E-state index is 12.4. The number of aryl methyl sites for hydroxylation is 1. The van der Waals surface area contributed by atoms with Gasteiger partial charge in [0.2, 0.25) is 10.0 Å². The number of aromatic nitrogens is 1. The fourth-order valence-electron chi connectivity index (χ4n) is 2.32. The van der Waals surface area contributed by atoms with Crippen molar-refractivity contribution in [2.45, 2.75) is 23.3 Å². The van der Waals surface area contributed by atoms with E-state index >= 15 is 0 Å². The monoisotopic (exact) mass is 317 g/mol. The number of sulfonamides is 1. The Kier molecular flexibility index (Phi) is 4.38. The maximum Gasteiger partial charge on any atom is 0.265 e. The van der Waals surface area contributed by atoms with E-state index in [1.807, 2.05) is 0 Å². The van der Waals surface area contributed by atoms with E-state index in [4.69, 9.17) is 10.5 Å². The van der Waals surface area contributed by atoms with Crippen molar-refractivity contribution < 1.29 is 23.1 Å². The Bertz CT molecular complexity index is 631. The number of nitrogens with zero attached hydrogens (tertiary/aromatic N) is 1. The first-order valence-corrected chi connectivity index (χ1v) is 7.97. The van der Waals surface area contributed by atoms with E-state index in [1.165, 1.54) is 23.9 Å². The molecule has 9 heteroatoms. The molecule has 0 spiro atoms. The molecule has 1 fully saturated rings. The molecule has 2 heterocycles. The van der Waals surface area contributed by atoms with Crippen molar-refractivity contribution in [3.8, 4) is 0 Å². The molecule has 0 aromatic carbocycles. The van der Waals surface area contributed by atoms with E-state index in [9.17, 15) is 18.3 Å². The highest BCUT2D eigenvalue weighted by Gasteiger charge is 2.37. The predicted octanol–water partition coefficient (Wildman–Crippen LogP) is -1.06. The summed E-state index contributed by atoms with van der Waals surface area (Å²) in [5.74, 6) is -0.707. The van der Waals surface area contributed by atoms with Crippen LogP contribution < -0.4 is 10.5 Å². The van der Waals surface area contributed by atoms with Crippen molar-refractivity contribution in [1.29, 1.82) is 0 Å². The number of nitrogens with two attached hydrogens (primary N) is 1. The van der Waals surface area contributed by atoms with Crippen LogP contribution in [-0.4, -0.2) is 49.4 Å². The zero-order valence-corrected chi connectivity index (χ0v) is 12.5. The molecule has 1 aliphatic heterocycles. The second-order valence-corrected chi connectivity index (χ2v) is 6.87. The first-order chi connectivity index (χ1) is 9.80. The van der Waals surface area contributed by atoms with Crippen LogP contribution >= 0.6 is 0 Å². The third-order valence-electron chi connectivity index (χ3n) is 3.65. The molecule has 1 aliphatic rings. The first-order valence-electron chi connectivity index (χ1n) is 6.48. The van der Waals surface area contributed by atoms with Crippen LogP contribution in [0.25, 0.3) is 0 Å². The van der Waals surface area contributed by atoms with E-state index < -0.39 is 21.5 Å². The third kappa shape index (κ3) is 3.26. The van der Waals surface area contributed by atoms with E-state index in [2.05, 4.69) is 4.72 Å². The quantitative estimate of drug-likeness (QED) is 0.639. The number of nitrogens with one attached hydrogen (secondary N) is 1. The number of rotatable bonds is 5. The van der Waals surface area contributed by atoms with Gasteiger partial charge in [-0.05, 0) is 18.9 Å². The summed E-state index contributed by atoms with van der Waals surface area (Å²) < 4.78 is 33.9. The van der Waals surface area contributed by atoms with Crippen LogP contribution in [0.1, 0.15) is 23.3 Å². The van der Waals surface area contributed by atoms with E-state index in [-0.39, 0.29) is 17.2 Å². The van der Waals surface area contributed by atoms with Crippen molar-refractivity contribution in [3.63, 3.8) is 0 Å². The molecule has 4 N–H and O–H groups in total. The molecule has 8 nitrogen and oxygen atoms in total. The fourth-order valence-corrected chi connectivity index (χ4v) is 3.84. The summed E-state index contributed by atoms with van der Waals surface area (Å²) in [6, 6.07) is 1.22. The van der Waals surface area contributed by atoms with Crippen LogP contribution in [0.4, 0.5) is 0 Å². The lowest BCUT2D eigenvalue weighted by Gasteiger charge is -2.35. The zero-order valence-electron chi connectivity index (χ0n) is 11.7. The fraction of sp³-hybridized carbons (Fsp3) is 0.583. The minimum Gasteiger partial charge on any atom is -0.394 e. The number of aliphatic hydroxyl groups excluding tert-OH is 1. The van der Waals surface area contributed by atoms with Crippen LogP contribution in [0.2, 0.25) is 0 Å².